The predicted molar refractivity (Wildman–Crippen MR) is 200 cm³/mol. The van der Waals surface area contributed by atoms with E-state index in [-0.39, 0.29) is 22.6 Å². The lowest BCUT2D eigenvalue weighted by molar-refractivity contribution is 0.146. The first-order valence-corrected chi connectivity index (χ1v) is 19.3. The summed E-state index contributed by atoms with van der Waals surface area (Å²) in [6.07, 6.45) is 4.25. The van der Waals surface area contributed by atoms with E-state index in [9.17, 15) is 18.9 Å². The number of rotatable bonds is 16. The summed E-state index contributed by atoms with van der Waals surface area (Å²) in [5.41, 5.74) is 4.19. The average molecular weight is 704 g/mol. The largest absolute Gasteiger partial charge is 0.457 e. The summed E-state index contributed by atoms with van der Waals surface area (Å²) >= 11 is 1.64. The van der Waals surface area contributed by atoms with Gasteiger partial charge >= 0.3 is 0 Å². The fraction of sp³-hybridized carbons (Fsp3) is 0.268. The highest BCUT2D eigenvalue weighted by Gasteiger charge is 2.21. The van der Waals surface area contributed by atoms with Crippen molar-refractivity contribution in [2.75, 3.05) is 19.8 Å². The van der Waals surface area contributed by atoms with Crippen LogP contribution in [0.15, 0.2) is 106 Å². The number of ether oxygens (including phenoxy) is 2. The standard InChI is InChI=1S/C41H41N3O4S2/c1-4-7-12-30-21-32-24-33(27-42)38(28-43)40(31-14-9-17-36(25-31)49-35-16-8-13-29(5-2)22-35)41(32)39(23-30)48-34-15-10-18-37(26-34)50(45,46)44-19-11-20-47-6-3/h8-10,13-18,21-26,44H,4-7,11-12,19-20H2,1-3H3. The third-order valence-corrected chi connectivity index (χ3v) is 10.7. The highest BCUT2D eigenvalue weighted by Crippen LogP contribution is 2.43. The van der Waals surface area contributed by atoms with Crippen LogP contribution in [0.4, 0.5) is 0 Å². The van der Waals surface area contributed by atoms with Gasteiger partial charge in [0, 0.05) is 46.6 Å². The van der Waals surface area contributed by atoms with Gasteiger partial charge in [-0.1, -0.05) is 68.4 Å². The van der Waals surface area contributed by atoms with Crippen molar-refractivity contribution in [3.05, 3.63) is 113 Å². The fourth-order valence-electron chi connectivity index (χ4n) is 5.78. The van der Waals surface area contributed by atoms with Crippen LogP contribution in [0.1, 0.15) is 62.3 Å². The third kappa shape index (κ3) is 8.93. The van der Waals surface area contributed by atoms with Gasteiger partial charge in [0.05, 0.1) is 16.0 Å². The molecule has 0 bridgehead atoms. The monoisotopic (exact) mass is 703 g/mol. The normalized spacial score (nSPS) is 11.3. The summed E-state index contributed by atoms with van der Waals surface area (Å²) in [4.78, 5) is 2.18. The van der Waals surface area contributed by atoms with Crippen LogP contribution in [0.25, 0.3) is 21.9 Å². The van der Waals surface area contributed by atoms with Gasteiger partial charge in [0.25, 0.3) is 0 Å². The first-order chi connectivity index (χ1) is 24.3. The van der Waals surface area contributed by atoms with Crippen molar-refractivity contribution in [3.8, 4) is 34.8 Å². The smallest absolute Gasteiger partial charge is 0.240 e. The summed E-state index contributed by atoms with van der Waals surface area (Å²) in [6.45, 7) is 7.45. The second kappa shape index (κ2) is 17.3. The quantitative estimate of drug-likeness (QED) is 0.102. The molecule has 0 fully saturated rings. The van der Waals surface area contributed by atoms with E-state index in [1.807, 2.05) is 37.3 Å². The van der Waals surface area contributed by atoms with Crippen LogP contribution in [0.2, 0.25) is 0 Å². The maximum absolute atomic E-state index is 13.2. The molecule has 5 aromatic carbocycles. The van der Waals surface area contributed by atoms with Crippen molar-refractivity contribution in [1.29, 1.82) is 10.5 Å². The summed E-state index contributed by atoms with van der Waals surface area (Å²) in [6, 6.07) is 33.2. The molecular formula is C41H41N3O4S2. The molecule has 0 radical (unpaired) electrons. The molecule has 0 aliphatic heterocycles. The van der Waals surface area contributed by atoms with Gasteiger partial charge in [-0.2, -0.15) is 10.5 Å². The minimum Gasteiger partial charge on any atom is -0.457 e. The van der Waals surface area contributed by atoms with Crippen molar-refractivity contribution >= 4 is 32.6 Å². The topological polar surface area (TPSA) is 112 Å². The number of sulfonamides is 1. The SMILES string of the molecule is CCCCc1cc(Oc2cccc(S(=O)(=O)NCCCOCC)c2)c2c(-c3cccc(Sc4cccc(CC)c4)c3)c(C#N)c(C#N)cc2c1. The van der Waals surface area contributed by atoms with Gasteiger partial charge in [-0.3, -0.25) is 0 Å². The Morgan fingerprint density at radius 2 is 1.60 bits per heavy atom. The lowest BCUT2D eigenvalue weighted by Gasteiger charge is -2.18. The summed E-state index contributed by atoms with van der Waals surface area (Å²) in [5.74, 6) is 0.822. The van der Waals surface area contributed by atoms with Crippen LogP contribution >= 0.6 is 11.8 Å². The number of hydrogen-bond acceptors (Lipinski definition) is 7. The van der Waals surface area contributed by atoms with Gasteiger partial charge < -0.3 is 9.47 Å². The molecule has 1 N–H and O–H groups in total. The van der Waals surface area contributed by atoms with E-state index < -0.39 is 10.0 Å². The highest BCUT2D eigenvalue weighted by molar-refractivity contribution is 7.99. The lowest BCUT2D eigenvalue weighted by atomic mass is 9.88. The molecule has 0 amide bonds. The molecule has 0 unspecified atom stereocenters. The van der Waals surface area contributed by atoms with Gasteiger partial charge in [0.1, 0.15) is 23.6 Å². The Morgan fingerprint density at radius 1 is 0.820 bits per heavy atom. The molecule has 0 aliphatic rings. The fourth-order valence-corrected chi connectivity index (χ4v) is 7.85. The molecule has 9 heteroatoms. The molecule has 0 saturated heterocycles. The van der Waals surface area contributed by atoms with Crippen LogP contribution in [-0.2, 0) is 27.6 Å². The molecule has 7 nitrogen and oxygen atoms in total. The van der Waals surface area contributed by atoms with Gasteiger partial charge in [0.15, 0.2) is 0 Å². The average Bonchev–Trinajstić information content (AvgIpc) is 3.13. The molecule has 50 heavy (non-hydrogen) atoms. The number of unbranched alkanes of at least 4 members (excludes halogenated alkanes) is 1. The third-order valence-electron chi connectivity index (χ3n) is 8.28. The van der Waals surface area contributed by atoms with Crippen LogP contribution in [0.5, 0.6) is 11.5 Å². The predicted octanol–water partition coefficient (Wildman–Crippen LogP) is 9.80. The molecule has 5 rings (SSSR count). The minimum absolute atomic E-state index is 0.0828. The maximum atomic E-state index is 13.2. The van der Waals surface area contributed by atoms with Crippen molar-refractivity contribution in [1.82, 2.24) is 4.72 Å². The Balaban J connectivity index is 1.63. The second-order valence-corrected chi connectivity index (χ2v) is 14.8. The summed E-state index contributed by atoms with van der Waals surface area (Å²) in [5, 5.41) is 22.1. The van der Waals surface area contributed by atoms with E-state index in [0.29, 0.717) is 42.1 Å². The Kier molecular flexibility index (Phi) is 12.7. The zero-order valence-electron chi connectivity index (χ0n) is 28.7. The Morgan fingerprint density at radius 3 is 2.34 bits per heavy atom. The Labute approximate surface area is 299 Å². The molecule has 0 heterocycles. The maximum Gasteiger partial charge on any atom is 0.240 e. The van der Waals surface area contributed by atoms with Crippen molar-refractivity contribution in [3.63, 3.8) is 0 Å². The van der Waals surface area contributed by atoms with Crippen molar-refractivity contribution in [2.45, 2.75) is 67.6 Å². The van der Waals surface area contributed by atoms with Gasteiger partial charge in [-0.25, -0.2) is 13.1 Å². The molecular weight excluding hydrogens is 663 g/mol. The number of benzene rings is 5. The number of hydrogen-bond donors (Lipinski definition) is 1. The zero-order chi connectivity index (χ0) is 35.5. The molecule has 0 aliphatic carbocycles. The number of nitrogens with zero attached hydrogens (tertiary/aromatic N) is 2. The first kappa shape index (κ1) is 36.6. The first-order valence-electron chi connectivity index (χ1n) is 17.0. The number of nitrogens with one attached hydrogen (secondary N) is 1. The Bertz CT molecular complexity index is 2170. The molecule has 0 saturated carbocycles. The van der Waals surface area contributed by atoms with E-state index in [1.54, 1.807) is 30.0 Å². The second-order valence-electron chi connectivity index (χ2n) is 11.8. The molecule has 0 aromatic heterocycles. The van der Waals surface area contributed by atoms with Crippen LogP contribution < -0.4 is 9.46 Å². The van der Waals surface area contributed by atoms with Crippen molar-refractivity contribution < 1.29 is 17.9 Å². The molecule has 0 atom stereocenters. The van der Waals surface area contributed by atoms with Crippen molar-refractivity contribution in [2.24, 2.45) is 0 Å². The zero-order valence-corrected chi connectivity index (χ0v) is 30.3. The number of fused-ring (bicyclic) bond motifs is 1. The van der Waals surface area contributed by atoms with E-state index in [0.717, 1.165) is 52.0 Å². The highest BCUT2D eigenvalue weighted by atomic mass is 32.2. The molecule has 5 aromatic rings. The summed E-state index contributed by atoms with van der Waals surface area (Å²) in [7, 11) is -3.80. The summed E-state index contributed by atoms with van der Waals surface area (Å²) < 4.78 is 40.9. The van der Waals surface area contributed by atoms with Gasteiger partial charge in [-0.15, -0.1) is 0 Å². The molecule has 0 spiro atoms. The molecule has 256 valence electrons. The number of aryl methyl sites for hydroxylation is 2. The minimum atomic E-state index is -3.80. The number of nitriles is 2. The van der Waals surface area contributed by atoms with Gasteiger partial charge in [0.2, 0.25) is 10.0 Å². The van der Waals surface area contributed by atoms with Crippen LogP contribution in [0.3, 0.4) is 0 Å². The van der Waals surface area contributed by atoms with Crippen LogP contribution in [0, 0.1) is 22.7 Å². The lowest BCUT2D eigenvalue weighted by Crippen LogP contribution is -2.25. The van der Waals surface area contributed by atoms with E-state index in [1.165, 1.54) is 17.7 Å². The van der Waals surface area contributed by atoms with E-state index in [4.69, 9.17) is 9.47 Å². The van der Waals surface area contributed by atoms with E-state index in [2.05, 4.69) is 61.0 Å². The van der Waals surface area contributed by atoms with Gasteiger partial charge in [-0.05, 0) is 103 Å². The van der Waals surface area contributed by atoms with E-state index >= 15 is 0 Å². The Hall–Kier alpha value is -4.64. The van der Waals surface area contributed by atoms with Crippen LogP contribution in [-0.4, -0.2) is 28.2 Å².